The zero-order chi connectivity index (χ0) is 24.1. The Labute approximate surface area is 198 Å². The molecule has 174 valence electrons. The van der Waals surface area contributed by atoms with Crippen molar-refractivity contribution >= 4 is 21.6 Å². The Balaban J connectivity index is 1.53. The van der Waals surface area contributed by atoms with Gasteiger partial charge < -0.3 is 14.4 Å². The van der Waals surface area contributed by atoms with Crippen molar-refractivity contribution in [3.63, 3.8) is 0 Å². The number of benzene rings is 3. The Morgan fingerprint density at radius 3 is 2.62 bits per heavy atom. The highest BCUT2D eigenvalue weighted by Crippen LogP contribution is 2.30. The van der Waals surface area contributed by atoms with Crippen LogP contribution in [0, 0.1) is 11.3 Å². The normalized spacial score (nSPS) is 15.5. The average molecular weight is 478 g/mol. The van der Waals surface area contributed by atoms with E-state index in [4.69, 9.17) is 9.47 Å². The maximum absolute atomic E-state index is 12.9. The Morgan fingerprint density at radius 1 is 1.12 bits per heavy atom. The van der Waals surface area contributed by atoms with Crippen molar-refractivity contribution in [1.82, 2.24) is 4.90 Å². The number of nitrogens with one attached hydrogen (secondary N) is 1. The van der Waals surface area contributed by atoms with E-state index in [1.807, 2.05) is 36.4 Å². The molecule has 0 aromatic heterocycles. The van der Waals surface area contributed by atoms with Crippen LogP contribution in [0.4, 0.5) is 5.69 Å². The fourth-order valence-corrected chi connectivity index (χ4v) is 4.85. The highest BCUT2D eigenvalue weighted by Gasteiger charge is 2.28. The molecule has 8 nitrogen and oxygen atoms in total. The van der Waals surface area contributed by atoms with Crippen LogP contribution in [-0.2, 0) is 21.4 Å². The number of hydrogen-bond donors (Lipinski definition) is 1. The minimum atomic E-state index is -3.99. The number of carbonyl (C=O) groups is 1. The first kappa shape index (κ1) is 23.1. The van der Waals surface area contributed by atoms with E-state index in [0.717, 1.165) is 0 Å². The smallest absolute Gasteiger partial charge is 0.263 e. The number of rotatable bonds is 7. The number of amides is 1. The van der Waals surface area contributed by atoms with Gasteiger partial charge in [-0.15, -0.1) is 0 Å². The molecule has 0 fully saturated rings. The van der Waals surface area contributed by atoms with Crippen LogP contribution in [0.15, 0.2) is 77.7 Å². The van der Waals surface area contributed by atoms with Gasteiger partial charge in [0.1, 0.15) is 29.1 Å². The van der Waals surface area contributed by atoms with E-state index in [9.17, 15) is 18.5 Å². The fraction of sp³-hybridized carbons (Fsp3) is 0.200. The first-order valence-electron chi connectivity index (χ1n) is 10.7. The molecule has 1 aliphatic heterocycles. The van der Waals surface area contributed by atoms with Crippen molar-refractivity contribution in [2.75, 3.05) is 17.9 Å². The van der Waals surface area contributed by atoms with E-state index in [1.54, 1.807) is 42.2 Å². The second-order valence-electron chi connectivity index (χ2n) is 7.72. The van der Waals surface area contributed by atoms with Gasteiger partial charge in [0.15, 0.2) is 6.10 Å². The lowest BCUT2D eigenvalue weighted by atomic mass is 10.1. The molecular formula is C25H23N3O5S. The molecule has 1 aliphatic rings. The lowest BCUT2D eigenvalue weighted by Crippen LogP contribution is -2.40. The van der Waals surface area contributed by atoms with Crippen LogP contribution in [0.2, 0.25) is 0 Å². The first-order valence-corrected chi connectivity index (χ1v) is 12.1. The molecule has 0 saturated carbocycles. The fourth-order valence-electron chi connectivity index (χ4n) is 3.65. The summed E-state index contributed by atoms with van der Waals surface area (Å²) >= 11 is 0. The molecule has 0 saturated heterocycles. The number of ether oxygens (including phenoxy) is 2. The van der Waals surface area contributed by atoms with Gasteiger partial charge in [-0.25, -0.2) is 8.42 Å². The van der Waals surface area contributed by atoms with Gasteiger partial charge in [-0.05, 0) is 49.4 Å². The van der Waals surface area contributed by atoms with Gasteiger partial charge in [0.05, 0.1) is 12.1 Å². The summed E-state index contributed by atoms with van der Waals surface area (Å²) in [5.41, 5.74) is 1.01. The summed E-state index contributed by atoms with van der Waals surface area (Å²) in [6, 6.07) is 22.0. The standard InChI is InChI=1S/C25H23N3O5S/c1-18-25(29)28(13-14-32-22-8-3-2-4-9-22)17-20-15-21(11-12-23(20)33-18)27-34(30,31)24-10-6-5-7-19(24)16-26/h2-12,15,18,27H,13-14,17H2,1H3. The van der Waals surface area contributed by atoms with Crippen molar-refractivity contribution in [2.45, 2.75) is 24.5 Å². The van der Waals surface area contributed by atoms with Crippen LogP contribution in [0.1, 0.15) is 18.1 Å². The van der Waals surface area contributed by atoms with Crippen LogP contribution in [-0.4, -0.2) is 38.5 Å². The molecule has 0 radical (unpaired) electrons. The molecule has 3 aromatic carbocycles. The van der Waals surface area contributed by atoms with Gasteiger partial charge >= 0.3 is 0 Å². The zero-order valence-corrected chi connectivity index (χ0v) is 19.3. The van der Waals surface area contributed by atoms with Crippen LogP contribution in [0.25, 0.3) is 0 Å². The zero-order valence-electron chi connectivity index (χ0n) is 18.5. The highest BCUT2D eigenvalue weighted by atomic mass is 32.2. The number of para-hydroxylation sites is 1. The molecule has 4 rings (SSSR count). The number of sulfonamides is 1. The summed E-state index contributed by atoms with van der Waals surface area (Å²) in [4.78, 5) is 14.4. The van der Waals surface area contributed by atoms with Crippen LogP contribution in [0.3, 0.4) is 0 Å². The van der Waals surface area contributed by atoms with E-state index < -0.39 is 16.1 Å². The first-order chi connectivity index (χ1) is 16.4. The molecule has 1 N–H and O–H groups in total. The van der Waals surface area contributed by atoms with E-state index in [-0.39, 0.29) is 22.9 Å². The Morgan fingerprint density at radius 2 is 1.85 bits per heavy atom. The Bertz CT molecular complexity index is 1340. The Hall–Kier alpha value is -4.03. The van der Waals surface area contributed by atoms with E-state index in [0.29, 0.717) is 35.9 Å². The molecule has 0 bridgehead atoms. The third-order valence-corrected chi connectivity index (χ3v) is 6.75. The van der Waals surface area contributed by atoms with Crippen molar-refractivity contribution < 1.29 is 22.7 Å². The minimum absolute atomic E-state index is 0.0529. The summed E-state index contributed by atoms with van der Waals surface area (Å²) in [6.07, 6.45) is -0.692. The predicted molar refractivity (Wildman–Crippen MR) is 126 cm³/mol. The van der Waals surface area contributed by atoms with Crippen LogP contribution >= 0.6 is 0 Å². The van der Waals surface area contributed by atoms with Gasteiger partial charge in [-0.3, -0.25) is 9.52 Å². The predicted octanol–water partition coefficient (Wildman–Crippen LogP) is 3.55. The quantitative estimate of drug-likeness (QED) is 0.558. The monoisotopic (exact) mass is 477 g/mol. The molecule has 1 heterocycles. The molecule has 1 unspecified atom stereocenters. The maximum Gasteiger partial charge on any atom is 0.263 e. The highest BCUT2D eigenvalue weighted by molar-refractivity contribution is 7.92. The third kappa shape index (κ3) is 5.13. The minimum Gasteiger partial charge on any atom is -0.492 e. The molecule has 0 spiro atoms. The summed E-state index contributed by atoms with van der Waals surface area (Å²) in [7, 11) is -3.99. The average Bonchev–Trinajstić information content (AvgIpc) is 2.95. The number of nitrogens with zero attached hydrogens (tertiary/aromatic N) is 2. The summed E-state index contributed by atoms with van der Waals surface area (Å²) in [5.74, 6) is 1.04. The van der Waals surface area contributed by atoms with Gasteiger partial charge in [0.25, 0.3) is 15.9 Å². The number of nitriles is 1. The SMILES string of the molecule is CC1Oc2ccc(NS(=O)(=O)c3ccccc3C#N)cc2CN(CCOc2ccccc2)C1=O. The number of fused-ring (bicyclic) bond motifs is 1. The maximum atomic E-state index is 12.9. The van der Waals surface area contributed by atoms with Gasteiger partial charge in [-0.2, -0.15) is 5.26 Å². The van der Waals surface area contributed by atoms with Crippen molar-refractivity contribution in [3.05, 3.63) is 83.9 Å². The second-order valence-corrected chi connectivity index (χ2v) is 9.37. The third-order valence-electron chi connectivity index (χ3n) is 5.31. The molecule has 1 amide bonds. The van der Waals surface area contributed by atoms with Gasteiger partial charge in [-0.1, -0.05) is 30.3 Å². The van der Waals surface area contributed by atoms with Gasteiger partial charge in [0, 0.05) is 17.8 Å². The molecular weight excluding hydrogens is 454 g/mol. The lowest BCUT2D eigenvalue weighted by Gasteiger charge is -2.22. The largest absolute Gasteiger partial charge is 0.492 e. The number of anilines is 1. The lowest BCUT2D eigenvalue weighted by molar-refractivity contribution is -0.138. The van der Waals surface area contributed by atoms with Crippen LogP contribution in [0.5, 0.6) is 11.5 Å². The summed E-state index contributed by atoms with van der Waals surface area (Å²) in [5, 5.41) is 9.25. The van der Waals surface area contributed by atoms with Crippen molar-refractivity contribution in [3.8, 4) is 17.6 Å². The number of carbonyl (C=O) groups excluding carboxylic acids is 1. The Kier molecular flexibility index (Phi) is 6.70. The second kappa shape index (κ2) is 9.85. The van der Waals surface area contributed by atoms with Crippen LogP contribution < -0.4 is 14.2 Å². The van der Waals surface area contributed by atoms with E-state index in [2.05, 4.69) is 4.72 Å². The molecule has 0 aliphatic carbocycles. The molecule has 34 heavy (non-hydrogen) atoms. The van der Waals surface area contributed by atoms with Crippen molar-refractivity contribution in [2.24, 2.45) is 0 Å². The van der Waals surface area contributed by atoms with Gasteiger partial charge in [0.2, 0.25) is 0 Å². The molecule has 1 atom stereocenters. The van der Waals surface area contributed by atoms with E-state index >= 15 is 0 Å². The molecule has 3 aromatic rings. The number of hydrogen-bond acceptors (Lipinski definition) is 6. The molecule has 9 heteroatoms. The summed E-state index contributed by atoms with van der Waals surface area (Å²) < 4.78 is 39.8. The topological polar surface area (TPSA) is 109 Å². The summed E-state index contributed by atoms with van der Waals surface area (Å²) in [6.45, 7) is 2.56. The van der Waals surface area contributed by atoms with Crippen molar-refractivity contribution in [1.29, 1.82) is 5.26 Å². The van der Waals surface area contributed by atoms with E-state index in [1.165, 1.54) is 12.1 Å².